The number of halogens is 2. The van der Waals surface area contributed by atoms with E-state index in [9.17, 15) is 8.78 Å². The van der Waals surface area contributed by atoms with Gasteiger partial charge < -0.3 is 4.98 Å². The molecule has 0 atom stereocenters. The Morgan fingerprint density at radius 3 is 2.43 bits per heavy atom. The van der Waals surface area contributed by atoms with Gasteiger partial charge in [0.05, 0.1) is 6.20 Å². The summed E-state index contributed by atoms with van der Waals surface area (Å²) in [6.07, 6.45) is -0.0486. The minimum Gasteiger partial charge on any atom is -0.318 e. The number of nitrogens with zero attached hydrogens (tertiary/aromatic N) is 1. The third-order valence-electron chi connectivity index (χ3n) is 0.515. The zero-order chi connectivity index (χ0) is 5.28. The molecule has 0 saturated heterocycles. The predicted octanol–water partition coefficient (Wildman–Crippen LogP) is 0.688. The lowest BCUT2D eigenvalue weighted by Crippen LogP contribution is -1.72. The summed E-state index contributed by atoms with van der Waals surface area (Å²) in [5, 5.41) is 0. The van der Waals surface area contributed by atoms with Crippen molar-refractivity contribution < 1.29 is 8.78 Å². The monoisotopic (exact) mass is 104 g/mol. The lowest BCUT2D eigenvalue weighted by molar-refractivity contribution is 0.520. The van der Waals surface area contributed by atoms with E-state index < -0.39 is 12.0 Å². The summed E-state index contributed by atoms with van der Waals surface area (Å²) >= 11 is 0. The summed E-state index contributed by atoms with van der Waals surface area (Å²) in [6, 6.07) is 0. The lowest BCUT2D eigenvalue weighted by atomic mass is 10.9. The quantitative estimate of drug-likeness (QED) is 0.515. The number of rotatable bonds is 0. The van der Waals surface area contributed by atoms with Gasteiger partial charge in [-0.05, 0) is 0 Å². The topological polar surface area (TPSA) is 28.7 Å². The maximum Gasteiger partial charge on any atom is 0.289 e. The smallest absolute Gasteiger partial charge is 0.289 e. The average Bonchev–Trinajstić information content (AvgIpc) is 1.87. The molecule has 0 unspecified atom stereocenters. The molecule has 7 heavy (non-hydrogen) atoms. The van der Waals surface area contributed by atoms with Crippen LogP contribution >= 0.6 is 0 Å². The molecule has 0 amide bonds. The highest BCUT2D eigenvalue weighted by molar-refractivity contribution is 4.74. The van der Waals surface area contributed by atoms with E-state index in [0.29, 0.717) is 0 Å². The number of aromatic nitrogens is 2. The van der Waals surface area contributed by atoms with Crippen molar-refractivity contribution in [3.8, 4) is 0 Å². The third-order valence-corrected chi connectivity index (χ3v) is 0.515. The molecule has 0 aromatic carbocycles. The molecule has 0 spiro atoms. The number of hydrogen-bond donors (Lipinski definition) is 1. The van der Waals surface area contributed by atoms with Crippen LogP contribution in [-0.4, -0.2) is 9.97 Å². The highest BCUT2D eigenvalue weighted by atomic mass is 19.1. The van der Waals surface area contributed by atoms with E-state index in [0.717, 1.165) is 6.20 Å². The Hall–Kier alpha value is -0.930. The highest BCUT2D eigenvalue weighted by Gasteiger charge is 1.92. The van der Waals surface area contributed by atoms with Gasteiger partial charge in [-0.3, -0.25) is 0 Å². The zero-order valence-electron chi connectivity index (χ0n) is 3.28. The van der Waals surface area contributed by atoms with Gasteiger partial charge in [-0.25, -0.2) is 0 Å². The molecule has 4 heteroatoms. The molecule has 0 saturated carbocycles. The van der Waals surface area contributed by atoms with Gasteiger partial charge in [0.25, 0.3) is 6.08 Å². The fourth-order valence-electron chi connectivity index (χ4n) is 0.277. The molecule has 1 heterocycles. The van der Waals surface area contributed by atoms with Crippen molar-refractivity contribution >= 4 is 0 Å². The first-order valence-electron chi connectivity index (χ1n) is 1.65. The van der Waals surface area contributed by atoms with E-state index in [-0.39, 0.29) is 0 Å². The highest BCUT2D eigenvalue weighted by Crippen LogP contribution is 1.89. The summed E-state index contributed by atoms with van der Waals surface area (Å²) in [5.41, 5.74) is 0. The number of hydrogen-bond acceptors (Lipinski definition) is 1. The molecule has 0 aliphatic carbocycles. The second-order valence-corrected chi connectivity index (χ2v) is 1.01. The van der Waals surface area contributed by atoms with E-state index in [1.54, 1.807) is 0 Å². The van der Waals surface area contributed by atoms with Gasteiger partial charge in [-0.2, -0.15) is 13.8 Å². The third kappa shape index (κ3) is 0.734. The normalized spacial score (nSPS) is 9.43. The van der Waals surface area contributed by atoms with Crippen LogP contribution in [0.2, 0.25) is 0 Å². The number of nitrogens with one attached hydrogen (secondary N) is 1. The molecule has 0 bridgehead atoms. The van der Waals surface area contributed by atoms with E-state index in [1.165, 1.54) is 0 Å². The maximum absolute atomic E-state index is 11.5. The van der Waals surface area contributed by atoms with Gasteiger partial charge in [-0.15, -0.1) is 0 Å². The Bertz CT molecular complexity index is 143. The first-order valence-corrected chi connectivity index (χ1v) is 1.65. The van der Waals surface area contributed by atoms with Crippen molar-refractivity contribution in [3.63, 3.8) is 0 Å². The summed E-state index contributed by atoms with van der Waals surface area (Å²) in [4.78, 5) is 4.64. The van der Waals surface area contributed by atoms with Gasteiger partial charge >= 0.3 is 0 Å². The minimum absolute atomic E-state index is 0.822. The zero-order valence-corrected chi connectivity index (χ0v) is 3.28. The van der Waals surface area contributed by atoms with Crippen molar-refractivity contribution in [2.45, 2.75) is 0 Å². The van der Waals surface area contributed by atoms with Crippen LogP contribution in [0.25, 0.3) is 0 Å². The molecule has 2 nitrogen and oxygen atoms in total. The minimum atomic E-state index is -0.891. The van der Waals surface area contributed by atoms with Gasteiger partial charge in [0.15, 0.2) is 0 Å². The molecule has 0 fully saturated rings. The summed E-state index contributed by atoms with van der Waals surface area (Å²) in [7, 11) is 0. The van der Waals surface area contributed by atoms with Crippen LogP contribution in [0.3, 0.4) is 0 Å². The molecule has 38 valence electrons. The lowest BCUT2D eigenvalue weighted by Gasteiger charge is -1.64. The molecule has 1 aromatic heterocycles. The van der Waals surface area contributed by atoms with Crippen molar-refractivity contribution in [2.24, 2.45) is 0 Å². The largest absolute Gasteiger partial charge is 0.318 e. The first-order chi connectivity index (χ1) is 3.29. The molecule has 1 aromatic rings. The fraction of sp³-hybridized carbons (Fsp3) is 0. The van der Waals surface area contributed by atoms with E-state index in [1.807, 2.05) is 4.98 Å². The molecule has 0 radical (unpaired) electrons. The summed E-state index contributed by atoms with van der Waals surface area (Å²) in [6.45, 7) is 0. The molecule has 0 aliphatic rings. The maximum atomic E-state index is 11.5. The van der Waals surface area contributed by atoms with Crippen LogP contribution in [0.1, 0.15) is 0 Å². The van der Waals surface area contributed by atoms with Crippen molar-refractivity contribution in [1.82, 2.24) is 9.97 Å². The Labute approximate surface area is 38.2 Å². The number of aromatic amines is 1. The molecular weight excluding hydrogens is 102 g/mol. The number of H-pyrrole nitrogens is 1. The van der Waals surface area contributed by atoms with Crippen molar-refractivity contribution in [3.05, 3.63) is 18.2 Å². The second kappa shape index (κ2) is 1.29. The predicted molar refractivity (Wildman–Crippen MR) is 18.5 cm³/mol. The number of imidazole rings is 1. The second-order valence-electron chi connectivity index (χ2n) is 1.01. The average molecular weight is 104 g/mol. The van der Waals surface area contributed by atoms with Crippen LogP contribution in [0, 0.1) is 12.0 Å². The molecule has 1 N–H and O–H groups in total. The van der Waals surface area contributed by atoms with Crippen LogP contribution in [-0.2, 0) is 0 Å². The van der Waals surface area contributed by atoms with Crippen LogP contribution < -0.4 is 0 Å². The molecule has 1 rings (SSSR count). The van der Waals surface area contributed by atoms with Crippen LogP contribution in [0.15, 0.2) is 6.20 Å². The van der Waals surface area contributed by atoms with Crippen LogP contribution in [0.5, 0.6) is 0 Å². The van der Waals surface area contributed by atoms with E-state index in [2.05, 4.69) is 4.98 Å². The fourth-order valence-corrected chi connectivity index (χ4v) is 0.277. The van der Waals surface area contributed by atoms with E-state index in [4.69, 9.17) is 0 Å². The Balaban J connectivity index is 3.04. The van der Waals surface area contributed by atoms with Gasteiger partial charge in [0.1, 0.15) is 0 Å². The van der Waals surface area contributed by atoms with Gasteiger partial charge in [0, 0.05) is 0 Å². The van der Waals surface area contributed by atoms with E-state index >= 15 is 0 Å². The summed E-state index contributed by atoms with van der Waals surface area (Å²) < 4.78 is 23.1. The van der Waals surface area contributed by atoms with Gasteiger partial charge in [0.2, 0.25) is 5.95 Å². The SMILES string of the molecule is Fc1c[nH]c(F)n1. The standard InChI is InChI=1S/C3H2F2N2/c4-2-1-6-3(5)7-2/h1H,(H,6,7). The molecular formula is C3H2F2N2. The van der Waals surface area contributed by atoms with Crippen molar-refractivity contribution in [1.29, 1.82) is 0 Å². The Kier molecular flexibility index (Phi) is 0.780. The Morgan fingerprint density at radius 2 is 2.29 bits per heavy atom. The Morgan fingerprint density at radius 1 is 1.57 bits per heavy atom. The van der Waals surface area contributed by atoms with Crippen LogP contribution in [0.4, 0.5) is 8.78 Å². The molecule has 0 aliphatic heterocycles. The first kappa shape index (κ1) is 4.23. The van der Waals surface area contributed by atoms with Gasteiger partial charge in [-0.1, -0.05) is 0 Å². The van der Waals surface area contributed by atoms with Crippen molar-refractivity contribution in [2.75, 3.05) is 0 Å². The summed E-state index contributed by atoms with van der Waals surface area (Å²) in [5.74, 6) is -0.822.